The average molecular weight is 883 g/mol. The predicted molar refractivity (Wildman–Crippen MR) is 238 cm³/mol. The summed E-state index contributed by atoms with van der Waals surface area (Å²) in [5, 5.41) is 21.9. The Bertz CT molecular complexity index is 1580. The van der Waals surface area contributed by atoms with Crippen molar-refractivity contribution in [1.29, 1.82) is 0 Å². The summed E-state index contributed by atoms with van der Waals surface area (Å²) in [5.74, 6) is -0.890. The first-order valence-corrected chi connectivity index (χ1v) is 24.4. The Kier molecular flexibility index (Phi) is 28.4. The minimum Gasteiger partial charge on any atom is -0.462 e. The van der Waals surface area contributed by atoms with Crippen molar-refractivity contribution in [2.45, 2.75) is 167 Å². The van der Waals surface area contributed by atoms with E-state index in [2.05, 4.69) is 34.7 Å². The Balaban J connectivity index is 1.60. The number of phosphoric acid groups is 1. The third-order valence-corrected chi connectivity index (χ3v) is 11.3. The van der Waals surface area contributed by atoms with Crippen molar-refractivity contribution >= 4 is 42.2 Å². The summed E-state index contributed by atoms with van der Waals surface area (Å²) < 4.78 is 39.0. The zero-order chi connectivity index (χ0) is 44.6. The van der Waals surface area contributed by atoms with Crippen LogP contribution >= 0.6 is 7.82 Å². The standard InChI is InChI=1S/C44H76N5O11P/c1-5-6-7-8-9-10-11-12-13-14-15-17-20-23-26-29-41(50)56-36-38(37-58-61(54,55)57-35-34-49(2,3)4)59-42(51)30-27-24-21-18-16-19-22-25-28-33-45-39-31-32-40(48(52)53)44-43(39)46-60-47-44/h12-13,31-32,38H,5-11,14-30,33-37H2,1-4H3,(H-,45,47,54,55)/p+1/b13-12-/t38-/m1/s1. The van der Waals surface area contributed by atoms with Crippen molar-refractivity contribution in [1.82, 2.24) is 10.3 Å². The summed E-state index contributed by atoms with van der Waals surface area (Å²) in [5.41, 5.74) is 0.997. The van der Waals surface area contributed by atoms with Crippen LogP contribution in [0.2, 0.25) is 0 Å². The molecule has 0 saturated carbocycles. The third-order valence-electron chi connectivity index (χ3n) is 10.3. The summed E-state index contributed by atoms with van der Waals surface area (Å²) in [7, 11) is 1.38. The second-order valence-corrected chi connectivity index (χ2v) is 18.4. The Morgan fingerprint density at radius 2 is 1.33 bits per heavy atom. The van der Waals surface area contributed by atoms with Crippen molar-refractivity contribution in [2.24, 2.45) is 0 Å². The van der Waals surface area contributed by atoms with Crippen LogP contribution in [-0.4, -0.2) is 96.7 Å². The topological polar surface area (TPSA) is 202 Å². The van der Waals surface area contributed by atoms with E-state index in [9.17, 15) is 29.2 Å². The number of aromatic nitrogens is 2. The van der Waals surface area contributed by atoms with E-state index >= 15 is 0 Å². The van der Waals surface area contributed by atoms with Gasteiger partial charge in [-0.1, -0.05) is 115 Å². The molecule has 2 atom stereocenters. The summed E-state index contributed by atoms with van der Waals surface area (Å²) >= 11 is 0. The first-order valence-electron chi connectivity index (χ1n) is 22.9. The lowest BCUT2D eigenvalue weighted by Gasteiger charge is -2.24. The van der Waals surface area contributed by atoms with Gasteiger partial charge < -0.3 is 24.2 Å². The monoisotopic (exact) mass is 883 g/mol. The number of allylic oxidation sites excluding steroid dienone is 2. The minimum atomic E-state index is -4.42. The molecule has 0 spiro atoms. The van der Waals surface area contributed by atoms with Crippen molar-refractivity contribution < 1.29 is 51.6 Å². The maximum atomic E-state index is 12.7. The van der Waals surface area contributed by atoms with Crippen LogP contribution in [0.5, 0.6) is 0 Å². The summed E-state index contributed by atoms with van der Waals surface area (Å²) in [6.45, 7) is 2.71. The molecule has 0 aliphatic rings. The molecule has 0 fully saturated rings. The molecule has 348 valence electrons. The van der Waals surface area contributed by atoms with Crippen molar-refractivity contribution in [3.05, 3.63) is 34.4 Å². The maximum Gasteiger partial charge on any atom is 0.472 e. The first-order chi connectivity index (χ1) is 29.3. The molecule has 2 N–H and O–H groups in total. The Morgan fingerprint density at radius 1 is 0.787 bits per heavy atom. The number of nitrogens with one attached hydrogen (secondary N) is 1. The van der Waals surface area contributed by atoms with Crippen LogP contribution in [0.4, 0.5) is 11.4 Å². The smallest absolute Gasteiger partial charge is 0.462 e. The van der Waals surface area contributed by atoms with Gasteiger partial charge in [-0.15, -0.1) is 0 Å². The largest absolute Gasteiger partial charge is 0.472 e. The van der Waals surface area contributed by atoms with Gasteiger partial charge in [0, 0.05) is 25.5 Å². The number of esters is 2. The normalized spacial score (nSPS) is 13.4. The van der Waals surface area contributed by atoms with Gasteiger partial charge in [0.25, 0.3) is 0 Å². The minimum absolute atomic E-state index is 0.00261. The number of likely N-dealkylation sites (N-methyl/N-ethyl adjacent to an activating group) is 1. The highest BCUT2D eigenvalue weighted by Gasteiger charge is 2.27. The zero-order valence-electron chi connectivity index (χ0n) is 37.7. The van der Waals surface area contributed by atoms with Gasteiger partial charge in [-0.3, -0.25) is 28.8 Å². The van der Waals surface area contributed by atoms with E-state index in [1.165, 1.54) is 51.0 Å². The molecule has 0 amide bonds. The van der Waals surface area contributed by atoms with Crippen molar-refractivity contribution in [2.75, 3.05) is 59.4 Å². The van der Waals surface area contributed by atoms with Gasteiger partial charge in [-0.25, -0.2) is 9.19 Å². The molecule has 2 rings (SSSR count). The fourth-order valence-electron chi connectivity index (χ4n) is 6.60. The molecule has 0 bridgehead atoms. The Labute approximate surface area is 364 Å². The molecule has 17 heteroatoms. The number of rotatable bonds is 39. The maximum absolute atomic E-state index is 12.7. The number of unbranched alkanes of at least 4 members (excludes halogenated alkanes) is 19. The number of benzene rings is 1. The number of non-ortho nitro benzene ring substituents is 1. The molecule has 1 heterocycles. The van der Waals surface area contributed by atoms with Crippen molar-refractivity contribution in [3.8, 4) is 0 Å². The molecule has 61 heavy (non-hydrogen) atoms. The second-order valence-electron chi connectivity index (χ2n) is 17.0. The number of fused-ring (bicyclic) bond motifs is 1. The van der Waals surface area contributed by atoms with Crippen LogP contribution in [0.3, 0.4) is 0 Å². The van der Waals surface area contributed by atoms with Gasteiger partial charge in [0.05, 0.1) is 38.4 Å². The van der Waals surface area contributed by atoms with Gasteiger partial charge in [-0.2, -0.15) is 0 Å². The number of nitro groups is 1. The molecule has 1 unspecified atom stereocenters. The molecule has 2 aromatic rings. The number of hydrogen-bond acceptors (Lipinski definition) is 13. The van der Waals surface area contributed by atoms with E-state index in [0.717, 1.165) is 83.5 Å². The number of phosphoric ester groups is 1. The van der Waals surface area contributed by atoms with Gasteiger partial charge in [0.15, 0.2) is 11.6 Å². The Morgan fingerprint density at radius 3 is 1.92 bits per heavy atom. The molecular weight excluding hydrogens is 805 g/mol. The number of ether oxygens (including phenoxy) is 2. The van der Waals surface area contributed by atoms with E-state index < -0.39 is 37.4 Å². The first kappa shape index (κ1) is 53.7. The summed E-state index contributed by atoms with van der Waals surface area (Å²) in [4.78, 5) is 46.1. The number of quaternary nitrogens is 1. The summed E-state index contributed by atoms with van der Waals surface area (Å²) in [6, 6.07) is 3.02. The second kappa shape index (κ2) is 32.3. The molecule has 16 nitrogen and oxygen atoms in total. The number of nitro benzene ring substituents is 1. The van der Waals surface area contributed by atoms with Crippen LogP contribution < -0.4 is 5.32 Å². The Hall–Kier alpha value is -3.43. The van der Waals surface area contributed by atoms with Gasteiger partial charge in [0.1, 0.15) is 19.8 Å². The molecule has 0 radical (unpaired) electrons. The van der Waals surface area contributed by atoms with E-state index in [1.54, 1.807) is 6.07 Å². The number of hydrogen-bond donors (Lipinski definition) is 2. The fraction of sp³-hybridized carbons (Fsp3) is 0.773. The van der Waals surface area contributed by atoms with Crippen LogP contribution in [0, 0.1) is 10.1 Å². The third kappa shape index (κ3) is 27.3. The molecule has 0 saturated heterocycles. The van der Waals surface area contributed by atoms with Crippen LogP contribution in [0.15, 0.2) is 28.9 Å². The highest BCUT2D eigenvalue weighted by atomic mass is 31.2. The molecule has 1 aromatic carbocycles. The lowest BCUT2D eigenvalue weighted by molar-refractivity contribution is -0.870. The van der Waals surface area contributed by atoms with Crippen molar-refractivity contribution in [3.63, 3.8) is 0 Å². The molecule has 0 aliphatic carbocycles. The average Bonchev–Trinajstić information content (AvgIpc) is 3.70. The number of anilines is 1. The SMILES string of the molecule is CCCCCCCC/C=C\CCCCCCCC(=O)OC[C@H](COP(=O)(O)OCC[N+](C)(C)C)OC(=O)CCCCCCCCCCCNc1ccc([N+](=O)[O-])c2nonc12. The lowest BCUT2D eigenvalue weighted by atomic mass is 10.1. The molecule has 0 aliphatic heterocycles. The lowest BCUT2D eigenvalue weighted by Crippen LogP contribution is -2.37. The van der Waals surface area contributed by atoms with Crippen LogP contribution in [0.1, 0.15) is 161 Å². The molecule has 1 aromatic heterocycles. The zero-order valence-corrected chi connectivity index (χ0v) is 38.6. The highest BCUT2D eigenvalue weighted by molar-refractivity contribution is 7.47. The van der Waals surface area contributed by atoms with Gasteiger partial charge in [-0.05, 0) is 61.3 Å². The van der Waals surface area contributed by atoms with Crippen LogP contribution in [-0.2, 0) is 32.7 Å². The van der Waals surface area contributed by atoms with E-state index in [4.69, 9.17) is 23.2 Å². The van der Waals surface area contributed by atoms with Gasteiger partial charge >= 0.3 is 25.4 Å². The van der Waals surface area contributed by atoms with E-state index in [-0.39, 0.29) is 37.3 Å². The predicted octanol–water partition coefficient (Wildman–Crippen LogP) is 10.8. The number of nitrogens with zero attached hydrogens (tertiary/aromatic N) is 4. The fourth-order valence-corrected chi connectivity index (χ4v) is 7.34. The van der Waals surface area contributed by atoms with Gasteiger partial charge in [0.2, 0.25) is 5.52 Å². The summed E-state index contributed by atoms with van der Waals surface area (Å²) in [6.07, 6.45) is 27.9. The number of carbonyl (C=O) groups excluding carboxylic acids is 2. The molecular formula is C44H77N5O11P+. The number of carbonyl (C=O) groups is 2. The van der Waals surface area contributed by atoms with Crippen LogP contribution in [0.25, 0.3) is 11.0 Å². The van der Waals surface area contributed by atoms with E-state index in [0.29, 0.717) is 41.6 Å². The van der Waals surface area contributed by atoms with E-state index in [1.807, 2.05) is 21.1 Å². The highest BCUT2D eigenvalue weighted by Crippen LogP contribution is 2.43. The quantitative estimate of drug-likeness (QED) is 0.0122.